The number of carboxylic acid groups (broad SMARTS) is 1. The van der Waals surface area contributed by atoms with Gasteiger partial charge in [0.2, 0.25) is 5.88 Å². The van der Waals surface area contributed by atoms with Gasteiger partial charge in [-0.05, 0) is 111 Å². The number of nitrogens with zero attached hydrogens (tertiary/aromatic N) is 2. The molecule has 3 aliphatic carbocycles. The standard InChI is InChI=1S/C32H36ClN3O3/c33-24-9-5-10-25(20-24)36-32(30(37)38)16-14-31(15-17-32)23(19-22-7-1-3-12-27(22)31)8-6-18-39-29-26-11-2-4-13-28(26)34-21-35-29/h1,3,5,7,9-10,12,20-21,23,36H,2,4,6,8,11,13-19H2,(H,37,38). The number of carbonyl (C=O) groups is 1. The number of benzene rings is 2. The summed E-state index contributed by atoms with van der Waals surface area (Å²) in [5.41, 5.74) is 4.94. The highest BCUT2D eigenvalue weighted by Crippen LogP contribution is 2.55. The first-order valence-corrected chi connectivity index (χ1v) is 14.7. The van der Waals surface area contributed by atoms with Crippen LogP contribution in [-0.2, 0) is 29.5 Å². The molecule has 3 aromatic rings. The maximum absolute atomic E-state index is 12.6. The third-order valence-electron chi connectivity index (χ3n) is 9.44. The van der Waals surface area contributed by atoms with Crippen molar-refractivity contribution in [2.75, 3.05) is 11.9 Å². The van der Waals surface area contributed by atoms with Gasteiger partial charge < -0.3 is 15.2 Å². The monoisotopic (exact) mass is 545 g/mol. The Bertz CT molecular complexity index is 1350. The Kier molecular flexibility index (Phi) is 7.23. The third kappa shape index (κ3) is 5.00. The van der Waals surface area contributed by atoms with E-state index in [0.717, 1.165) is 62.2 Å². The molecule has 0 aliphatic heterocycles. The molecule has 7 heteroatoms. The van der Waals surface area contributed by atoms with Gasteiger partial charge in [-0.15, -0.1) is 0 Å². The summed E-state index contributed by atoms with van der Waals surface area (Å²) in [6.07, 6.45) is 11.9. The van der Waals surface area contributed by atoms with Gasteiger partial charge in [0, 0.05) is 16.3 Å². The van der Waals surface area contributed by atoms with E-state index in [-0.39, 0.29) is 5.41 Å². The minimum absolute atomic E-state index is 0.000360. The molecule has 1 saturated carbocycles. The van der Waals surface area contributed by atoms with Crippen molar-refractivity contribution in [3.63, 3.8) is 0 Å². The second-order valence-corrected chi connectivity index (χ2v) is 12.0. The maximum atomic E-state index is 12.6. The van der Waals surface area contributed by atoms with Crippen molar-refractivity contribution in [3.8, 4) is 5.88 Å². The Hall–Kier alpha value is -3.12. The topological polar surface area (TPSA) is 84.3 Å². The Morgan fingerprint density at radius 2 is 1.87 bits per heavy atom. The smallest absolute Gasteiger partial charge is 0.329 e. The normalized spacial score (nSPS) is 25.6. The molecule has 1 unspecified atom stereocenters. The third-order valence-corrected chi connectivity index (χ3v) is 9.67. The van der Waals surface area contributed by atoms with E-state index in [9.17, 15) is 9.90 Å². The van der Waals surface area contributed by atoms with E-state index in [0.29, 0.717) is 30.4 Å². The molecule has 6 rings (SSSR count). The number of halogens is 1. The van der Waals surface area contributed by atoms with Crippen molar-refractivity contribution in [3.05, 3.63) is 82.3 Å². The van der Waals surface area contributed by atoms with E-state index >= 15 is 0 Å². The molecule has 39 heavy (non-hydrogen) atoms. The quantitative estimate of drug-likeness (QED) is 0.303. The number of aromatic nitrogens is 2. The molecule has 0 saturated heterocycles. The number of rotatable bonds is 8. The van der Waals surface area contributed by atoms with Crippen LogP contribution in [0.25, 0.3) is 0 Å². The number of aliphatic carboxylic acids is 1. The van der Waals surface area contributed by atoms with Gasteiger partial charge in [0.1, 0.15) is 11.9 Å². The zero-order valence-electron chi connectivity index (χ0n) is 22.3. The minimum atomic E-state index is -0.993. The molecule has 0 bridgehead atoms. The number of fused-ring (bicyclic) bond motifs is 3. The van der Waals surface area contributed by atoms with Crippen molar-refractivity contribution >= 4 is 23.3 Å². The van der Waals surface area contributed by atoms with E-state index in [1.54, 1.807) is 18.5 Å². The fraction of sp³-hybridized carbons (Fsp3) is 0.469. The highest BCUT2D eigenvalue weighted by molar-refractivity contribution is 6.30. The fourth-order valence-corrected chi connectivity index (χ4v) is 7.58. The zero-order chi connectivity index (χ0) is 26.9. The molecule has 1 heterocycles. The lowest BCUT2D eigenvalue weighted by Crippen LogP contribution is -2.53. The van der Waals surface area contributed by atoms with Gasteiger partial charge >= 0.3 is 5.97 Å². The largest absolute Gasteiger partial charge is 0.480 e. The number of aryl methyl sites for hydroxylation is 1. The number of nitrogens with one attached hydrogen (secondary N) is 1. The van der Waals surface area contributed by atoms with Crippen LogP contribution in [0.2, 0.25) is 5.02 Å². The van der Waals surface area contributed by atoms with Gasteiger partial charge in [-0.3, -0.25) is 0 Å². The van der Waals surface area contributed by atoms with Gasteiger partial charge in [0.25, 0.3) is 0 Å². The van der Waals surface area contributed by atoms with Crippen molar-refractivity contribution in [1.82, 2.24) is 9.97 Å². The van der Waals surface area contributed by atoms with Crippen LogP contribution in [-0.4, -0.2) is 33.2 Å². The van der Waals surface area contributed by atoms with E-state index in [1.807, 2.05) is 12.1 Å². The van der Waals surface area contributed by atoms with E-state index in [4.69, 9.17) is 16.3 Å². The summed E-state index contributed by atoms with van der Waals surface area (Å²) >= 11 is 6.19. The second kappa shape index (κ2) is 10.8. The highest BCUT2D eigenvalue weighted by atomic mass is 35.5. The predicted molar refractivity (Wildman–Crippen MR) is 153 cm³/mol. The van der Waals surface area contributed by atoms with Crippen LogP contribution in [0, 0.1) is 5.92 Å². The van der Waals surface area contributed by atoms with Crippen LogP contribution in [0.5, 0.6) is 5.88 Å². The van der Waals surface area contributed by atoms with Crippen molar-refractivity contribution in [1.29, 1.82) is 0 Å². The Labute approximate surface area is 235 Å². The summed E-state index contributed by atoms with van der Waals surface area (Å²) < 4.78 is 6.21. The van der Waals surface area contributed by atoms with Crippen LogP contribution < -0.4 is 10.1 Å². The predicted octanol–water partition coefficient (Wildman–Crippen LogP) is 6.79. The van der Waals surface area contributed by atoms with Crippen LogP contribution in [0.4, 0.5) is 5.69 Å². The molecule has 0 radical (unpaired) electrons. The molecule has 0 amide bonds. The lowest BCUT2D eigenvalue weighted by molar-refractivity contribution is -0.144. The van der Waals surface area contributed by atoms with Gasteiger partial charge in [0.15, 0.2) is 0 Å². The SMILES string of the molecule is O=C(O)C1(Nc2cccc(Cl)c2)CCC2(CC1)c1ccccc1CC2CCCOc1ncnc2c1CCCC2. The molecular weight excluding hydrogens is 510 g/mol. The van der Waals surface area contributed by atoms with E-state index in [2.05, 4.69) is 39.6 Å². The average molecular weight is 546 g/mol. The molecule has 1 spiro atoms. The molecule has 3 aliphatic rings. The molecule has 1 fully saturated rings. The molecule has 1 aromatic heterocycles. The summed E-state index contributed by atoms with van der Waals surface area (Å²) in [4.78, 5) is 21.5. The number of anilines is 1. The summed E-state index contributed by atoms with van der Waals surface area (Å²) in [5.74, 6) is 0.442. The molecule has 2 aromatic carbocycles. The van der Waals surface area contributed by atoms with Crippen LogP contribution in [0.1, 0.15) is 73.8 Å². The van der Waals surface area contributed by atoms with Crippen molar-refractivity contribution in [2.45, 2.75) is 81.6 Å². The molecule has 6 nitrogen and oxygen atoms in total. The zero-order valence-corrected chi connectivity index (χ0v) is 23.1. The van der Waals surface area contributed by atoms with Gasteiger partial charge in [-0.25, -0.2) is 14.8 Å². The molecular formula is C32H36ClN3O3. The Balaban J connectivity index is 1.16. The first kappa shape index (κ1) is 26.1. The van der Waals surface area contributed by atoms with Crippen molar-refractivity contribution < 1.29 is 14.6 Å². The second-order valence-electron chi connectivity index (χ2n) is 11.5. The lowest BCUT2D eigenvalue weighted by Gasteiger charge is -2.47. The van der Waals surface area contributed by atoms with Crippen LogP contribution in [0.15, 0.2) is 54.9 Å². The molecule has 1 atom stereocenters. The first-order valence-electron chi connectivity index (χ1n) is 14.3. The summed E-state index contributed by atoms with van der Waals surface area (Å²) in [6, 6.07) is 16.1. The average Bonchev–Trinajstić information content (AvgIpc) is 3.25. The van der Waals surface area contributed by atoms with E-state index in [1.165, 1.54) is 29.5 Å². The Morgan fingerprint density at radius 1 is 1.05 bits per heavy atom. The van der Waals surface area contributed by atoms with Gasteiger partial charge in [-0.2, -0.15) is 0 Å². The first-order chi connectivity index (χ1) is 19.0. The molecule has 2 N–H and O–H groups in total. The number of hydrogen-bond acceptors (Lipinski definition) is 5. The van der Waals surface area contributed by atoms with Gasteiger partial charge in [-0.1, -0.05) is 41.9 Å². The number of carboxylic acids is 1. The minimum Gasteiger partial charge on any atom is -0.480 e. The van der Waals surface area contributed by atoms with Crippen molar-refractivity contribution in [2.24, 2.45) is 5.92 Å². The highest BCUT2D eigenvalue weighted by Gasteiger charge is 2.53. The summed E-state index contributed by atoms with van der Waals surface area (Å²) in [6.45, 7) is 0.641. The van der Waals surface area contributed by atoms with E-state index < -0.39 is 11.5 Å². The number of hydrogen-bond donors (Lipinski definition) is 2. The van der Waals surface area contributed by atoms with Crippen LogP contribution >= 0.6 is 11.6 Å². The Morgan fingerprint density at radius 3 is 2.69 bits per heavy atom. The maximum Gasteiger partial charge on any atom is 0.329 e. The lowest BCUT2D eigenvalue weighted by atomic mass is 9.60. The fourth-order valence-electron chi connectivity index (χ4n) is 7.39. The molecule has 204 valence electrons. The van der Waals surface area contributed by atoms with Gasteiger partial charge in [0.05, 0.1) is 12.3 Å². The summed E-state index contributed by atoms with van der Waals surface area (Å²) in [5, 5.41) is 14.3. The van der Waals surface area contributed by atoms with Crippen LogP contribution in [0.3, 0.4) is 0 Å². The summed E-state index contributed by atoms with van der Waals surface area (Å²) in [7, 11) is 0. The number of ether oxygens (including phenoxy) is 1.